The first-order chi connectivity index (χ1) is 27.3. The molecule has 10 heteroatoms. The first-order valence-electron chi connectivity index (χ1n) is 23.0. The Labute approximate surface area is 344 Å². The summed E-state index contributed by atoms with van der Waals surface area (Å²) in [6.45, 7) is 3.71. The fourth-order valence-electron chi connectivity index (χ4n) is 6.31. The van der Waals surface area contributed by atoms with Crippen LogP contribution in [0.2, 0.25) is 0 Å². The van der Waals surface area contributed by atoms with Crippen LogP contribution in [0.4, 0.5) is 0 Å². The van der Waals surface area contributed by atoms with E-state index in [1.54, 1.807) is 0 Å². The lowest BCUT2D eigenvalue weighted by Gasteiger charge is -2.19. The predicted octanol–water partition coefficient (Wildman–Crippen LogP) is 13.3. The number of unbranched alkanes of at least 4 members (excludes halogenated alkanes) is 24. The molecule has 0 radical (unpaired) electrons. The smallest absolute Gasteiger partial charge is 0.462 e. The predicted molar refractivity (Wildman–Crippen MR) is 234 cm³/mol. The van der Waals surface area contributed by atoms with Crippen molar-refractivity contribution >= 4 is 19.8 Å². The molecule has 56 heavy (non-hydrogen) atoms. The normalized spacial score (nSPS) is 13.6. The Balaban J connectivity index is 4.12. The van der Waals surface area contributed by atoms with Crippen LogP contribution >= 0.6 is 7.82 Å². The van der Waals surface area contributed by atoms with Crippen molar-refractivity contribution in [3.8, 4) is 0 Å². The Hall–Kier alpha value is -1.77. The molecule has 2 atom stereocenters. The molecule has 2 unspecified atom stereocenters. The maximum absolute atomic E-state index is 12.6. The lowest BCUT2D eigenvalue weighted by Crippen LogP contribution is -2.29. The Kier molecular flexibility index (Phi) is 41.5. The number of allylic oxidation sites excluding steroid dienone is 6. The van der Waals surface area contributed by atoms with E-state index in [2.05, 4.69) is 50.3 Å². The Bertz CT molecular complexity index is 1020. The molecule has 0 saturated heterocycles. The van der Waals surface area contributed by atoms with Crippen molar-refractivity contribution < 1.29 is 37.6 Å². The van der Waals surface area contributed by atoms with Crippen LogP contribution in [0.3, 0.4) is 0 Å². The van der Waals surface area contributed by atoms with Gasteiger partial charge in [0.15, 0.2) is 6.10 Å². The number of ether oxygens (including phenoxy) is 2. The molecule has 0 aromatic rings. The summed E-state index contributed by atoms with van der Waals surface area (Å²) in [5, 5.41) is 0. The van der Waals surface area contributed by atoms with E-state index in [0.717, 1.165) is 57.8 Å². The van der Waals surface area contributed by atoms with Gasteiger partial charge in [-0.3, -0.25) is 18.6 Å². The van der Waals surface area contributed by atoms with Crippen LogP contribution in [-0.4, -0.2) is 49.3 Å². The first kappa shape index (κ1) is 54.2. The van der Waals surface area contributed by atoms with Crippen molar-refractivity contribution in [2.75, 3.05) is 26.4 Å². The molecule has 9 nitrogen and oxygen atoms in total. The van der Waals surface area contributed by atoms with Crippen molar-refractivity contribution in [1.82, 2.24) is 0 Å². The number of esters is 2. The molecule has 0 aromatic carbocycles. The zero-order chi connectivity index (χ0) is 41.1. The fourth-order valence-corrected chi connectivity index (χ4v) is 7.07. The van der Waals surface area contributed by atoms with E-state index in [1.807, 2.05) is 0 Å². The van der Waals surface area contributed by atoms with E-state index in [-0.39, 0.29) is 38.6 Å². The molecule has 0 aliphatic carbocycles. The number of nitrogens with two attached hydrogens (primary N) is 1. The van der Waals surface area contributed by atoms with Gasteiger partial charge in [-0.1, -0.05) is 166 Å². The van der Waals surface area contributed by atoms with Crippen molar-refractivity contribution in [2.45, 2.75) is 219 Å². The molecule has 0 aromatic heterocycles. The highest BCUT2D eigenvalue weighted by Crippen LogP contribution is 2.43. The molecule has 0 fully saturated rings. The molecule has 0 rings (SSSR count). The molecule has 0 spiro atoms. The number of hydrogen-bond acceptors (Lipinski definition) is 8. The molecule has 328 valence electrons. The minimum Gasteiger partial charge on any atom is -0.462 e. The zero-order valence-electron chi connectivity index (χ0n) is 36.1. The van der Waals surface area contributed by atoms with E-state index in [4.69, 9.17) is 24.3 Å². The summed E-state index contributed by atoms with van der Waals surface area (Å²) in [5.41, 5.74) is 5.35. The third-order valence-corrected chi connectivity index (χ3v) is 10.7. The monoisotopic (exact) mass is 812 g/mol. The molecule has 0 bridgehead atoms. The number of hydrogen-bond donors (Lipinski definition) is 2. The molecule has 0 saturated carbocycles. The van der Waals surface area contributed by atoms with E-state index in [1.165, 1.54) is 122 Å². The molecular weight excluding hydrogens is 725 g/mol. The topological polar surface area (TPSA) is 134 Å². The van der Waals surface area contributed by atoms with Crippen LogP contribution in [0.5, 0.6) is 0 Å². The number of phosphoric acid groups is 1. The van der Waals surface area contributed by atoms with E-state index >= 15 is 0 Å². The van der Waals surface area contributed by atoms with E-state index < -0.39 is 26.5 Å². The molecule has 0 aliphatic rings. The van der Waals surface area contributed by atoms with Crippen molar-refractivity contribution in [3.05, 3.63) is 36.5 Å². The highest BCUT2D eigenvalue weighted by molar-refractivity contribution is 7.47. The summed E-state index contributed by atoms with van der Waals surface area (Å²) in [6.07, 6.45) is 47.4. The standard InChI is InChI=1S/C46H86NO8P/c1-3-5-7-9-11-13-15-17-19-21-22-23-25-26-28-30-32-34-36-38-45(48)52-42-44(43-54-56(50,51)53-41-40-47)55-46(49)39-37-35-33-31-29-27-24-20-18-16-14-12-10-8-6-4-2/h14,16-17,19-20,24,44H,3-13,15,18,21-23,25-43,47H2,1-2H3,(H,50,51)/b16-14-,19-17-,24-20-. The highest BCUT2D eigenvalue weighted by atomic mass is 31.2. The van der Waals surface area contributed by atoms with Gasteiger partial charge < -0.3 is 20.1 Å². The number of carbonyl (C=O) groups is 2. The fraction of sp³-hybridized carbons (Fsp3) is 0.826. The molecule has 0 heterocycles. The highest BCUT2D eigenvalue weighted by Gasteiger charge is 2.26. The SMILES string of the molecule is CCCCCC/C=C\C/C=C\CCCCCCCC(=O)OC(COC(=O)CCCCCCCCCCC/C=C\CCCCCCCC)COP(=O)(O)OCCN. The largest absolute Gasteiger partial charge is 0.472 e. The number of carbonyl (C=O) groups excluding carboxylic acids is 2. The second-order valence-electron chi connectivity index (χ2n) is 15.3. The average Bonchev–Trinajstić information content (AvgIpc) is 3.18. The van der Waals surface area contributed by atoms with Gasteiger partial charge in [-0.05, 0) is 70.6 Å². The lowest BCUT2D eigenvalue weighted by molar-refractivity contribution is -0.161. The summed E-state index contributed by atoms with van der Waals surface area (Å²) in [4.78, 5) is 34.9. The molecule has 0 aliphatic heterocycles. The molecular formula is C46H86NO8P. The third kappa shape index (κ3) is 41.9. The number of phosphoric ester groups is 1. The lowest BCUT2D eigenvalue weighted by atomic mass is 10.1. The Morgan fingerprint density at radius 3 is 1.39 bits per heavy atom. The summed E-state index contributed by atoms with van der Waals surface area (Å²) in [6, 6.07) is 0. The summed E-state index contributed by atoms with van der Waals surface area (Å²) in [7, 11) is -4.38. The van der Waals surface area contributed by atoms with Crippen molar-refractivity contribution in [1.29, 1.82) is 0 Å². The van der Waals surface area contributed by atoms with Gasteiger partial charge in [0.05, 0.1) is 13.2 Å². The van der Waals surface area contributed by atoms with Crippen molar-refractivity contribution in [3.63, 3.8) is 0 Å². The van der Waals surface area contributed by atoms with Gasteiger partial charge in [0, 0.05) is 19.4 Å². The van der Waals surface area contributed by atoms with Gasteiger partial charge in [0.1, 0.15) is 6.61 Å². The van der Waals surface area contributed by atoms with Gasteiger partial charge >= 0.3 is 19.8 Å². The molecule has 3 N–H and O–H groups in total. The van der Waals surface area contributed by atoms with E-state index in [9.17, 15) is 19.0 Å². The summed E-state index contributed by atoms with van der Waals surface area (Å²) >= 11 is 0. The van der Waals surface area contributed by atoms with Gasteiger partial charge in [0.25, 0.3) is 0 Å². The zero-order valence-corrected chi connectivity index (χ0v) is 37.0. The van der Waals surface area contributed by atoms with Gasteiger partial charge in [-0.25, -0.2) is 4.57 Å². The maximum Gasteiger partial charge on any atom is 0.472 e. The van der Waals surface area contributed by atoms with E-state index in [0.29, 0.717) is 6.42 Å². The van der Waals surface area contributed by atoms with Gasteiger partial charge in [-0.15, -0.1) is 0 Å². The summed E-state index contributed by atoms with van der Waals surface area (Å²) < 4.78 is 32.8. The van der Waals surface area contributed by atoms with Crippen LogP contribution in [0.1, 0.15) is 213 Å². The minimum atomic E-state index is -4.38. The Morgan fingerprint density at radius 2 is 0.929 bits per heavy atom. The number of rotatable bonds is 43. The summed E-state index contributed by atoms with van der Waals surface area (Å²) in [5.74, 6) is -0.843. The maximum atomic E-state index is 12.6. The molecule has 0 amide bonds. The Morgan fingerprint density at radius 1 is 0.536 bits per heavy atom. The van der Waals surface area contributed by atoms with Gasteiger partial charge in [-0.2, -0.15) is 0 Å². The van der Waals surface area contributed by atoms with Crippen LogP contribution in [0, 0.1) is 0 Å². The van der Waals surface area contributed by atoms with Gasteiger partial charge in [0.2, 0.25) is 0 Å². The minimum absolute atomic E-state index is 0.0506. The van der Waals surface area contributed by atoms with Crippen molar-refractivity contribution in [2.24, 2.45) is 5.73 Å². The third-order valence-electron chi connectivity index (χ3n) is 9.75. The average molecular weight is 812 g/mol. The quantitative estimate of drug-likeness (QED) is 0.0267. The second-order valence-corrected chi connectivity index (χ2v) is 16.7. The first-order valence-corrected chi connectivity index (χ1v) is 24.5. The van der Waals surface area contributed by atoms with Crippen LogP contribution < -0.4 is 5.73 Å². The van der Waals surface area contributed by atoms with Crippen LogP contribution in [-0.2, 0) is 32.7 Å². The van der Waals surface area contributed by atoms with Crippen LogP contribution in [0.25, 0.3) is 0 Å². The second kappa shape index (κ2) is 42.8. The van der Waals surface area contributed by atoms with Crippen LogP contribution in [0.15, 0.2) is 36.5 Å².